The van der Waals surface area contributed by atoms with Gasteiger partial charge in [-0.3, -0.25) is 9.78 Å². The van der Waals surface area contributed by atoms with E-state index in [9.17, 15) is 4.79 Å². The van der Waals surface area contributed by atoms with E-state index in [1.54, 1.807) is 25.7 Å². The fraction of sp³-hybridized carbons (Fsp3) is 0.280. The fourth-order valence-electron chi connectivity index (χ4n) is 4.42. The maximum atomic E-state index is 12.6. The molecule has 1 aliphatic rings. The Bertz CT molecular complexity index is 1290. The van der Waals surface area contributed by atoms with Gasteiger partial charge in [0.1, 0.15) is 11.5 Å². The second-order valence-corrected chi connectivity index (χ2v) is 8.16. The van der Waals surface area contributed by atoms with Crippen LogP contribution in [0.15, 0.2) is 59.8 Å². The summed E-state index contributed by atoms with van der Waals surface area (Å²) in [5.74, 6) is 1.53. The van der Waals surface area contributed by atoms with Crippen LogP contribution in [0.1, 0.15) is 43.6 Å². The molecule has 4 aromatic rings. The molecule has 0 spiro atoms. The van der Waals surface area contributed by atoms with Crippen molar-refractivity contribution in [1.29, 1.82) is 0 Å². The summed E-state index contributed by atoms with van der Waals surface area (Å²) in [6, 6.07) is 12.2. The molecule has 1 fully saturated rings. The lowest BCUT2D eigenvalue weighted by Crippen LogP contribution is -2.09. The maximum absolute atomic E-state index is 12.6. The van der Waals surface area contributed by atoms with Crippen molar-refractivity contribution >= 4 is 22.3 Å². The molecule has 1 aromatic carbocycles. The maximum Gasteiger partial charge on any atom is 0.259 e. The molecule has 5 rings (SSSR count). The summed E-state index contributed by atoms with van der Waals surface area (Å²) in [5.41, 5.74) is 3.25. The van der Waals surface area contributed by atoms with Gasteiger partial charge in [0, 0.05) is 11.9 Å². The van der Waals surface area contributed by atoms with Crippen LogP contribution in [-0.4, -0.2) is 27.0 Å². The zero-order valence-electron chi connectivity index (χ0n) is 18.0. The van der Waals surface area contributed by atoms with E-state index in [4.69, 9.17) is 9.72 Å². The van der Waals surface area contributed by atoms with Crippen LogP contribution in [0.3, 0.4) is 0 Å². The quantitative estimate of drug-likeness (QED) is 0.456. The Morgan fingerprint density at radius 3 is 2.59 bits per heavy atom. The molecule has 0 amide bonds. The SMILES string of the molecule is COc1cncc(-c2cc3cc[nH]c(=O)c3c(Nc3ccc(C4CCCCC4)cc3)n2)n1. The average molecular weight is 428 g/mol. The van der Waals surface area contributed by atoms with E-state index in [2.05, 4.69) is 44.5 Å². The number of aromatic amines is 1. The van der Waals surface area contributed by atoms with Crippen molar-refractivity contribution in [3.8, 4) is 17.3 Å². The fourth-order valence-corrected chi connectivity index (χ4v) is 4.42. The van der Waals surface area contributed by atoms with Crippen molar-refractivity contribution in [3.63, 3.8) is 0 Å². The van der Waals surface area contributed by atoms with Crippen LogP contribution in [0.4, 0.5) is 11.5 Å². The van der Waals surface area contributed by atoms with E-state index < -0.39 is 0 Å². The predicted octanol–water partition coefficient (Wildman–Crippen LogP) is 5.18. The number of rotatable bonds is 5. The van der Waals surface area contributed by atoms with Crippen LogP contribution < -0.4 is 15.6 Å². The summed E-state index contributed by atoms with van der Waals surface area (Å²) in [4.78, 5) is 28.7. The van der Waals surface area contributed by atoms with Crippen molar-refractivity contribution in [2.75, 3.05) is 12.4 Å². The lowest BCUT2D eigenvalue weighted by Gasteiger charge is -2.22. The molecule has 3 aromatic heterocycles. The standard InChI is InChI=1S/C25H25N5O2/c1-32-22-15-26-14-21(29-22)20-13-18-11-12-27-25(31)23(18)24(30-20)28-19-9-7-17(8-10-19)16-5-3-2-4-6-16/h7-16H,2-6H2,1H3,(H,27,31)(H,28,30). The van der Waals surface area contributed by atoms with Crippen LogP contribution in [0.25, 0.3) is 22.2 Å². The van der Waals surface area contributed by atoms with Crippen molar-refractivity contribution < 1.29 is 4.74 Å². The molecule has 7 heteroatoms. The van der Waals surface area contributed by atoms with E-state index in [1.807, 2.05) is 12.1 Å². The number of pyridine rings is 2. The molecule has 1 aliphatic carbocycles. The molecule has 162 valence electrons. The molecule has 0 atom stereocenters. The van der Waals surface area contributed by atoms with Crippen molar-refractivity contribution in [3.05, 3.63) is 70.9 Å². The molecule has 0 bridgehead atoms. The first-order valence-electron chi connectivity index (χ1n) is 11.0. The topological polar surface area (TPSA) is 92.8 Å². The minimum absolute atomic E-state index is 0.195. The minimum atomic E-state index is -0.195. The number of nitrogens with one attached hydrogen (secondary N) is 2. The molecule has 0 saturated heterocycles. The number of anilines is 2. The number of aromatic nitrogens is 4. The number of H-pyrrole nitrogens is 1. The molecule has 3 heterocycles. The first-order valence-corrected chi connectivity index (χ1v) is 11.0. The van der Waals surface area contributed by atoms with Crippen molar-refractivity contribution in [2.45, 2.75) is 38.0 Å². The second kappa shape index (κ2) is 8.78. The zero-order chi connectivity index (χ0) is 21.9. The number of hydrogen-bond acceptors (Lipinski definition) is 6. The van der Waals surface area contributed by atoms with Gasteiger partial charge in [-0.05, 0) is 54.0 Å². The third kappa shape index (κ3) is 4.06. The number of ether oxygens (including phenoxy) is 1. The zero-order valence-corrected chi connectivity index (χ0v) is 18.0. The van der Waals surface area contributed by atoms with Gasteiger partial charge >= 0.3 is 0 Å². The molecular formula is C25H25N5O2. The average Bonchev–Trinajstić information content (AvgIpc) is 2.85. The van der Waals surface area contributed by atoms with Gasteiger partial charge in [0.25, 0.3) is 5.56 Å². The highest BCUT2D eigenvalue weighted by Gasteiger charge is 2.16. The van der Waals surface area contributed by atoms with Gasteiger partial charge in [-0.1, -0.05) is 31.4 Å². The predicted molar refractivity (Wildman–Crippen MR) is 125 cm³/mol. The third-order valence-electron chi connectivity index (χ3n) is 6.09. The van der Waals surface area contributed by atoms with Gasteiger partial charge in [0.15, 0.2) is 0 Å². The molecule has 1 saturated carbocycles. The van der Waals surface area contributed by atoms with E-state index >= 15 is 0 Å². The molecule has 0 radical (unpaired) electrons. The minimum Gasteiger partial charge on any atom is -0.480 e. The van der Waals surface area contributed by atoms with Gasteiger partial charge in [0.05, 0.1) is 30.6 Å². The third-order valence-corrected chi connectivity index (χ3v) is 6.09. The van der Waals surface area contributed by atoms with E-state index in [0.29, 0.717) is 34.4 Å². The smallest absolute Gasteiger partial charge is 0.259 e. The van der Waals surface area contributed by atoms with Crippen LogP contribution in [-0.2, 0) is 0 Å². The Morgan fingerprint density at radius 1 is 1.00 bits per heavy atom. The highest BCUT2D eigenvalue weighted by atomic mass is 16.5. The molecule has 7 nitrogen and oxygen atoms in total. The Hall–Kier alpha value is -3.74. The van der Waals surface area contributed by atoms with Crippen LogP contribution in [0.5, 0.6) is 5.88 Å². The Kier molecular flexibility index (Phi) is 5.54. The summed E-state index contributed by atoms with van der Waals surface area (Å²) in [5, 5.41) is 4.62. The van der Waals surface area contributed by atoms with Gasteiger partial charge in [-0.25, -0.2) is 9.97 Å². The van der Waals surface area contributed by atoms with Crippen molar-refractivity contribution in [2.24, 2.45) is 0 Å². The number of fused-ring (bicyclic) bond motifs is 1. The van der Waals surface area contributed by atoms with Crippen LogP contribution in [0.2, 0.25) is 0 Å². The lowest BCUT2D eigenvalue weighted by atomic mass is 9.84. The molecular weight excluding hydrogens is 402 g/mol. The summed E-state index contributed by atoms with van der Waals surface area (Å²) in [6.07, 6.45) is 11.3. The first-order chi connectivity index (χ1) is 15.7. The molecule has 32 heavy (non-hydrogen) atoms. The van der Waals surface area contributed by atoms with Crippen LogP contribution >= 0.6 is 0 Å². The number of methoxy groups -OCH3 is 1. The summed E-state index contributed by atoms with van der Waals surface area (Å²) < 4.78 is 5.20. The normalized spacial score (nSPS) is 14.4. The van der Waals surface area contributed by atoms with Crippen LogP contribution in [0, 0.1) is 0 Å². The summed E-state index contributed by atoms with van der Waals surface area (Å²) in [7, 11) is 1.55. The van der Waals surface area contributed by atoms with Gasteiger partial charge < -0.3 is 15.0 Å². The van der Waals surface area contributed by atoms with Gasteiger partial charge in [-0.2, -0.15) is 0 Å². The summed E-state index contributed by atoms with van der Waals surface area (Å²) >= 11 is 0. The Balaban J connectivity index is 1.53. The first kappa shape index (κ1) is 20.2. The second-order valence-electron chi connectivity index (χ2n) is 8.16. The number of nitrogens with zero attached hydrogens (tertiary/aromatic N) is 3. The summed E-state index contributed by atoms with van der Waals surface area (Å²) in [6.45, 7) is 0. The van der Waals surface area contributed by atoms with E-state index in [0.717, 1.165) is 11.1 Å². The number of benzene rings is 1. The van der Waals surface area contributed by atoms with Gasteiger partial charge in [0.2, 0.25) is 5.88 Å². The van der Waals surface area contributed by atoms with Crippen molar-refractivity contribution in [1.82, 2.24) is 19.9 Å². The highest BCUT2D eigenvalue weighted by Crippen LogP contribution is 2.34. The molecule has 0 aliphatic heterocycles. The number of hydrogen-bond donors (Lipinski definition) is 2. The van der Waals surface area contributed by atoms with E-state index in [1.165, 1.54) is 37.7 Å². The monoisotopic (exact) mass is 427 g/mol. The Labute approximate surface area is 185 Å². The highest BCUT2D eigenvalue weighted by molar-refractivity contribution is 5.94. The van der Waals surface area contributed by atoms with E-state index in [-0.39, 0.29) is 5.56 Å². The Morgan fingerprint density at radius 2 is 1.81 bits per heavy atom. The molecule has 2 N–H and O–H groups in total. The molecule has 0 unspecified atom stereocenters. The largest absolute Gasteiger partial charge is 0.480 e. The van der Waals surface area contributed by atoms with Gasteiger partial charge in [-0.15, -0.1) is 0 Å². The lowest BCUT2D eigenvalue weighted by molar-refractivity contribution is 0.396.